The third-order valence-electron chi connectivity index (χ3n) is 2.70. The number of carbonyl (C=O) groups is 1. The Balaban J connectivity index is 2.54. The van der Waals surface area contributed by atoms with Gasteiger partial charge in [-0.15, -0.1) is 0 Å². The Hall–Kier alpha value is -1.07. The predicted octanol–water partition coefficient (Wildman–Crippen LogP) is 3.10. The van der Waals surface area contributed by atoms with Gasteiger partial charge in [0.15, 0.2) is 6.61 Å². The fourth-order valence-corrected chi connectivity index (χ4v) is 2.17. The van der Waals surface area contributed by atoms with Crippen molar-refractivity contribution >= 4 is 21.8 Å². The largest absolute Gasteiger partial charge is 0.484 e. The van der Waals surface area contributed by atoms with Crippen LogP contribution >= 0.6 is 15.9 Å². The first-order chi connectivity index (χ1) is 9.88. The van der Waals surface area contributed by atoms with Gasteiger partial charge >= 0.3 is 0 Å². The van der Waals surface area contributed by atoms with Crippen LogP contribution < -0.4 is 15.4 Å². The number of nitrogens with one attached hydrogen (secondary N) is 2. The lowest BCUT2D eigenvalue weighted by atomic mass is 10.2. The summed E-state index contributed by atoms with van der Waals surface area (Å²) in [6, 6.07) is 5.89. The molecule has 0 radical (unpaired) electrons. The molecule has 1 rings (SSSR count). The van der Waals surface area contributed by atoms with E-state index in [1.54, 1.807) is 0 Å². The van der Waals surface area contributed by atoms with Crippen LogP contribution in [0.5, 0.6) is 5.75 Å². The molecule has 2 N–H and O–H groups in total. The van der Waals surface area contributed by atoms with Crippen molar-refractivity contribution in [3.63, 3.8) is 0 Å². The van der Waals surface area contributed by atoms with Crippen molar-refractivity contribution in [2.45, 2.75) is 40.3 Å². The maximum absolute atomic E-state index is 11.6. The van der Waals surface area contributed by atoms with Crippen LogP contribution in [-0.4, -0.2) is 25.1 Å². The topological polar surface area (TPSA) is 50.4 Å². The van der Waals surface area contributed by atoms with Gasteiger partial charge in [0, 0.05) is 17.1 Å². The van der Waals surface area contributed by atoms with Crippen molar-refractivity contribution in [1.29, 1.82) is 0 Å². The molecule has 0 aliphatic rings. The smallest absolute Gasteiger partial charge is 0.258 e. The van der Waals surface area contributed by atoms with E-state index < -0.39 is 0 Å². The molecular weight excluding hydrogens is 332 g/mol. The summed E-state index contributed by atoms with van der Waals surface area (Å²) < 4.78 is 6.57. The average Bonchev–Trinajstić information content (AvgIpc) is 2.38. The summed E-state index contributed by atoms with van der Waals surface area (Å²) in [5.74, 6) is 1.22. The molecule has 118 valence electrons. The summed E-state index contributed by atoms with van der Waals surface area (Å²) in [6.07, 6.45) is 0. The van der Waals surface area contributed by atoms with Crippen LogP contribution in [0.1, 0.15) is 33.3 Å². The Morgan fingerprint density at radius 2 is 2.00 bits per heavy atom. The highest BCUT2D eigenvalue weighted by molar-refractivity contribution is 9.10. The fraction of sp³-hybridized carbons (Fsp3) is 0.562. The van der Waals surface area contributed by atoms with E-state index in [0.717, 1.165) is 23.1 Å². The van der Waals surface area contributed by atoms with Gasteiger partial charge < -0.3 is 15.4 Å². The Labute approximate surface area is 135 Å². The number of rotatable bonds is 8. The van der Waals surface area contributed by atoms with E-state index in [2.05, 4.69) is 40.4 Å². The molecule has 0 saturated heterocycles. The molecule has 0 saturated carbocycles. The molecule has 4 nitrogen and oxygen atoms in total. The second kappa shape index (κ2) is 9.05. The predicted molar refractivity (Wildman–Crippen MR) is 89.5 cm³/mol. The van der Waals surface area contributed by atoms with E-state index in [9.17, 15) is 4.79 Å². The van der Waals surface area contributed by atoms with Crippen LogP contribution in [0.3, 0.4) is 0 Å². The van der Waals surface area contributed by atoms with Crippen molar-refractivity contribution < 1.29 is 9.53 Å². The van der Waals surface area contributed by atoms with Gasteiger partial charge in [-0.25, -0.2) is 0 Å². The minimum absolute atomic E-state index is 0.0404. The highest BCUT2D eigenvalue weighted by atomic mass is 79.9. The number of amides is 1. The zero-order valence-corrected chi connectivity index (χ0v) is 14.8. The molecule has 0 heterocycles. The average molecular weight is 357 g/mol. The van der Waals surface area contributed by atoms with Crippen molar-refractivity contribution in [3.8, 4) is 5.75 Å². The Morgan fingerprint density at radius 3 is 2.62 bits per heavy atom. The zero-order chi connectivity index (χ0) is 15.8. The van der Waals surface area contributed by atoms with Gasteiger partial charge in [0.1, 0.15) is 5.75 Å². The maximum Gasteiger partial charge on any atom is 0.258 e. The van der Waals surface area contributed by atoms with E-state index in [0.29, 0.717) is 11.7 Å². The zero-order valence-electron chi connectivity index (χ0n) is 13.2. The highest BCUT2D eigenvalue weighted by Crippen LogP contribution is 2.22. The molecule has 0 aliphatic carbocycles. The first-order valence-corrected chi connectivity index (χ1v) is 8.09. The minimum Gasteiger partial charge on any atom is -0.484 e. The monoisotopic (exact) mass is 356 g/mol. The third kappa shape index (κ3) is 7.48. The van der Waals surface area contributed by atoms with Crippen molar-refractivity contribution in [2.75, 3.05) is 13.2 Å². The number of ether oxygens (including phenoxy) is 1. The van der Waals surface area contributed by atoms with Crippen LogP contribution in [0.2, 0.25) is 0 Å². The highest BCUT2D eigenvalue weighted by Gasteiger charge is 2.07. The van der Waals surface area contributed by atoms with Crippen LogP contribution in [0.15, 0.2) is 22.7 Å². The summed E-state index contributed by atoms with van der Waals surface area (Å²) in [7, 11) is 0. The molecule has 0 bridgehead atoms. The lowest BCUT2D eigenvalue weighted by molar-refractivity contribution is -0.123. The van der Waals surface area contributed by atoms with Crippen molar-refractivity contribution in [3.05, 3.63) is 28.2 Å². The van der Waals surface area contributed by atoms with E-state index in [-0.39, 0.29) is 18.6 Å². The minimum atomic E-state index is -0.104. The summed E-state index contributed by atoms with van der Waals surface area (Å²) in [4.78, 5) is 11.6. The van der Waals surface area contributed by atoms with Crippen molar-refractivity contribution in [2.24, 2.45) is 5.92 Å². The third-order valence-corrected chi connectivity index (χ3v) is 3.48. The number of halogens is 1. The molecule has 1 amide bonds. The summed E-state index contributed by atoms with van der Waals surface area (Å²) in [5, 5.41) is 6.20. The lowest BCUT2D eigenvalue weighted by Gasteiger charge is -2.12. The van der Waals surface area contributed by atoms with Gasteiger partial charge in [0.05, 0.1) is 0 Å². The molecule has 0 unspecified atom stereocenters. The summed E-state index contributed by atoms with van der Waals surface area (Å²) >= 11 is 3.54. The Morgan fingerprint density at radius 1 is 1.29 bits per heavy atom. The van der Waals surface area contributed by atoms with Crippen LogP contribution in [0, 0.1) is 5.92 Å². The van der Waals surface area contributed by atoms with E-state index >= 15 is 0 Å². The normalized spacial score (nSPS) is 11.0. The molecule has 0 aromatic heterocycles. The molecular formula is C16H25BrN2O2. The number of hydrogen-bond donors (Lipinski definition) is 2. The van der Waals surface area contributed by atoms with Gasteiger partial charge in [0.2, 0.25) is 0 Å². The molecule has 21 heavy (non-hydrogen) atoms. The lowest BCUT2D eigenvalue weighted by Crippen LogP contribution is -2.34. The van der Waals surface area contributed by atoms with Crippen LogP contribution in [0.4, 0.5) is 0 Å². The molecule has 0 atom stereocenters. The number of benzene rings is 1. The fourth-order valence-electron chi connectivity index (χ4n) is 1.78. The van der Waals surface area contributed by atoms with Crippen molar-refractivity contribution in [1.82, 2.24) is 10.6 Å². The van der Waals surface area contributed by atoms with E-state index in [4.69, 9.17) is 4.74 Å². The van der Waals surface area contributed by atoms with Gasteiger partial charge in [-0.05, 0) is 50.1 Å². The molecule has 1 aromatic rings. The Bertz CT molecular complexity index is 462. The maximum atomic E-state index is 11.6. The first-order valence-electron chi connectivity index (χ1n) is 7.29. The number of carbonyl (C=O) groups excluding carboxylic acids is 1. The summed E-state index contributed by atoms with van der Waals surface area (Å²) in [6.45, 7) is 9.98. The molecule has 0 fully saturated rings. The Kier molecular flexibility index (Phi) is 7.75. The molecule has 0 aliphatic heterocycles. The quantitative estimate of drug-likeness (QED) is 0.752. The summed E-state index contributed by atoms with van der Waals surface area (Å²) in [5.41, 5.74) is 1.12. The second-order valence-corrected chi connectivity index (χ2v) is 6.64. The van der Waals surface area contributed by atoms with E-state index in [1.165, 1.54) is 0 Å². The van der Waals surface area contributed by atoms with Crippen LogP contribution in [-0.2, 0) is 11.3 Å². The van der Waals surface area contributed by atoms with Gasteiger partial charge in [-0.1, -0.05) is 29.8 Å². The van der Waals surface area contributed by atoms with Gasteiger partial charge in [-0.2, -0.15) is 0 Å². The second-order valence-electron chi connectivity index (χ2n) is 5.79. The van der Waals surface area contributed by atoms with E-state index in [1.807, 2.05) is 32.0 Å². The van der Waals surface area contributed by atoms with Crippen LogP contribution in [0.25, 0.3) is 0 Å². The van der Waals surface area contributed by atoms with Gasteiger partial charge in [-0.3, -0.25) is 4.79 Å². The standard InChI is InChI=1S/C16H25BrN2O2/c1-11(2)8-18-9-13-7-14(5-6-15(13)17)21-10-16(20)19-12(3)4/h5-7,11-12,18H,8-10H2,1-4H3,(H,19,20). The molecule has 1 aromatic carbocycles. The first kappa shape index (κ1) is 18.0. The SMILES string of the molecule is CC(C)CNCc1cc(OCC(=O)NC(C)C)ccc1Br. The molecule has 0 spiro atoms. The molecule has 5 heteroatoms. The number of hydrogen-bond acceptors (Lipinski definition) is 3. The van der Waals surface area contributed by atoms with Gasteiger partial charge in [0.25, 0.3) is 5.91 Å².